The third kappa shape index (κ3) is 4.29. The Bertz CT molecular complexity index is 917. The van der Waals surface area contributed by atoms with Gasteiger partial charge in [-0.25, -0.2) is 4.39 Å². The van der Waals surface area contributed by atoms with Crippen molar-refractivity contribution in [3.63, 3.8) is 0 Å². The highest BCUT2D eigenvalue weighted by Crippen LogP contribution is 2.22. The van der Waals surface area contributed by atoms with Crippen LogP contribution in [0.3, 0.4) is 0 Å². The largest absolute Gasteiger partial charge is 0.325 e. The minimum Gasteiger partial charge on any atom is -0.325 e. The average molecular weight is 370 g/mol. The quantitative estimate of drug-likeness (QED) is 0.688. The van der Waals surface area contributed by atoms with Gasteiger partial charge < -0.3 is 5.32 Å². The summed E-state index contributed by atoms with van der Waals surface area (Å²) in [6.07, 6.45) is 0. The number of nitrogens with one attached hydrogen (secondary N) is 1. The topological polar surface area (TPSA) is 59.8 Å². The maximum atomic E-state index is 13.1. The number of anilines is 1. The number of rotatable bonds is 5. The predicted octanol–water partition coefficient (Wildman–Crippen LogP) is 4.06. The Morgan fingerprint density at radius 3 is 2.38 bits per heavy atom. The van der Waals surface area contributed by atoms with E-state index in [2.05, 4.69) is 21.6 Å². The zero-order chi connectivity index (χ0) is 18.7. The van der Waals surface area contributed by atoms with Crippen LogP contribution in [0.1, 0.15) is 17.0 Å². The van der Waals surface area contributed by atoms with E-state index in [1.807, 2.05) is 32.9 Å². The van der Waals surface area contributed by atoms with Crippen LogP contribution in [-0.4, -0.2) is 26.4 Å². The third-order valence-corrected chi connectivity index (χ3v) is 4.65. The number of benzene rings is 2. The van der Waals surface area contributed by atoms with Crippen LogP contribution < -0.4 is 5.32 Å². The number of carbonyl (C=O) groups excluding carboxylic acids is 1. The van der Waals surface area contributed by atoms with Crippen LogP contribution in [0, 0.1) is 26.6 Å². The van der Waals surface area contributed by atoms with Crippen molar-refractivity contribution < 1.29 is 9.18 Å². The number of hydrogen-bond donors (Lipinski definition) is 1. The molecule has 0 radical (unpaired) electrons. The van der Waals surface area contributed by atoms with Gasteiger partial charge in [0.05, 0.1) is 5.75 Å². The molecule has 1 amide bonds. The Labute approximate surface area is 155 Å². The van der Waals surface area contributed by atoms with Crippen molar-refractivity contribution in [2.75, 3.05) is 11.1 Å². The van der Waals surface area contributed by atoms with Crippen LogP contribution >= 0.6 is 11.8 Å². The van der Waals surface area contributed by atoms with Gasteiger partial charge in [0.25, 0.3) is 0 Å². The average Bonchev–Trinajstić information content (AvgIpc) is 2.93. The molecule has 1 N–H and O–H groups in total. The molecular weight excluding hydrogens is 351 g/mol. The van der Waals surface area contributed by atoms with Crippen molar-refractivity contribution in [1.29, 1.82) is 0 Å². The fraction of sp³-hybridized carbons (Fsp3) is 0.211. The maximum absolute atomic E-state index is 13.1. The highest BCUT2D eigenvalue weighted by atomic mass is 32.2. The molecule has 0 aliphatic rings. The standard InChI is InChI=1S/C19H19FN4OS/c1-12-8-13(2)10-16(9-12)21-18(25)11-26-19-23-22-14(3)24(19)17-6-4-15(20)5-7-17/h4-10H,11H2,1-3H3,(H,21,25). The van der Waals surface area contributed by atoms with Gasteiger partial charge in [-0.2, -0.15) is 0 Å². The number of hydrogen-bond acceptors (Lipinski definition) is 4. The Hall–Kier alpha value is -2.67. The molecule has 134 valence electrons. The van der Waals surface area contributed by atoms with Gasteiger partial charge in [0.15, 0.2) is 5.16 Å². The second-order valence-corrected chi connectivity index (χ2v) is 7.00. The van der Waals surface area contributed by atoms with Gasteiger partial charge in [-0.15, -0.1) is 10.2 Å². The number of nitrogens with zero attached hydrogens (tertiary/aromatic N) is 3. The minimum absolute atomic E-state index is 0.119. The summed E-state index contributed by atoms with van der Waals surface area (Å²) in [6.45, 7) is 5.80. The summed E-state index contributed by atoms with van der Waals surface area (Å²) >= 11 is 1.29. The fourth-order valence-electron chi connectivity index (χ4n) is 2.70. The third-order valence-electron chi connectivity index (χ3n) is 3.72. The normalized spacial score (nSPS) is 10.8. The molecule has 0 unspecified atom stereocenters. The van der Waals surface area contributed by atoms with Gasteiger partial charge in [0.1, 0.15) is 11.6 Å². The first-order valence-electron chi connectivity index (χ1n) is 8.11. The summed E-state index contributed by atoms with van der Waals surface area (Å²) < 4.78 is 14.9. The Balaban J connectivity index is 1.70. The van der Waals surface area contributed by atoms with E-state index in [4.69, 9.17) is 0 Å². The van der Waals surface area contributed by atoms with Gasteiger partial charge in [-0.05, 0) is 68.3 Å². The van der Waals surface area contributed by atoms with Crippen LogP contribution in [0.5, 0.6) is 0 Å². The SMILES string of the molecule is Cc1cc(C)cc(NC(=O)CSc2nnc(C)n2-c2ccc(F)cc2)c1. The molecule has 0 fully saturated rings. The molecule has 7 heteroatoms. The molecule has 3 aromatic rings. The number of aromatic nitrogens is 3. The van der Waals surface area contributed by atoms with Crippen molar-refractivity contribution in [1.82, 2.24) is 14.8 Å². The van der Waals surface area contributed by atoms with Gasteiger partial charge >= 0.3 is 0 Å². The Morgan fingerprint density at radius 1 is 1.08 bits per heavy atom. The van der Waals surface area contributed by atoms with E-state index >= 15 is 0 Å². The lowest BCUT2D eigenvalue weighted by Gasteiger charge is -2.09. The van der Waals surface area contributed by atoms with Crippen LogP contribution in [0.4, 0.5) is 10.1 Å². The lowest BCUT2D eigenvalue weighted by atomic mass is 10.1. The maximum Gasteiger partial charge on any atom is 0.234 e. The Morgan fingerprint density at radius 2 is 1.73 bits per heavy atom. The number of thioether (sulfide) groups is 1. The lowest BCUT2D eigenvalue weighted by Crippen LogP contribution is -2.14. The summed E-state index contributed by atoms with van der Waals surface area (Å²) in [5.74, 6) is 0.452. The first-order valence-corrected chi connectivity index (χ1v) is 9.10. The van der Waals surface area contributed by atoms with Crippen LogP contribution in [0.15, 0.2) is 47.6 Å². The molecule has 0 aliphatic carbocycles. The molecule has 3 rings (SSSR count). The van der Waals surface area contributed by atoms with Gasteiger partial charge in [0, 0.05) is 11.4 Å². The molecule has 0 aliphatic heterocycles. The predicted molar refractivity (Wildman–Crippen MR) is 101 cm³/mol. The van der Waals surface area contributed by atoms with Gasteiger partial charge in [0.2, 0.25) is 5.91 Å². The Kier molecular flexibility index (Phi) is 5.37. The van der Waals surface area contributed by atoms with E-state index in [0.29, 0.717) is 11.0 Å². The van der Waals surface area contributed by atoms with Crippen LogP contribution in [-0.2, 0) is 4.79 Å². The molecule has 0 bridgehead atoms. The van der Waals surface area contributed by atoms with Crippen molar-refractivity contribution in [2.45, 2.75) is 25.9 Å². The smallest absolute Gasteiger partial charge is 0.234 e. The highest BCUT2D eigenvalue weighted by molar-refractivity contribution is 7.99. The zero-order valence-electron chi connectivity index (χ0n) is 14.8. The number of carbonyl (C=O) groups is 1. The van der Waals surface area contributed by atoms with Gasteiger partial charge in [-0.3, -0.25) is 9.36 Å². The molecule has 2 aromatic carbocycles. The van der Waals surface area contributed by atoms with Crippen molar-refractivity contribution in [3.8, 4) is 5.69 Å². The summed E-state index contributed by atoms with van der Waals surface area (Å²) in [4.78, 5) is 12.3. The molecule has 0 saturated carbocycles. The van der Waals surface area contributed by atoms with Gasteiger partial charge in [-0.1, -0.05) is 17.8 Å². The number of halogens is 1. The summed E-state index contributed by atoms with van der Waals surface area (Å²) in [7, 11) is 0. The summed E-state index contributed by atoms with van der Waals surface area (Å²) in [6, 6.07) is 12.0. The molecule has 1 aromatic heterocycles. The second-order valence-electron chi connectivity index (χ2n) is 6.05. The molecule has 0 saturated heterocycles. The summed E-state index contributed by atoms with van der Waals surface area (Å²) in [5, 5.41) is 11.7. The molecule has 26 heavy (non-hydrogen) atoms. The second kappa shape index (κ2) is 7.70. The highest BCUT2D eigenvalue weighted by Gasteiger charge is 2.13. The van der Waals surface area contributed by atoms with Crippen LogP contribution in [0.2, 0.25) is 0 Å². The zero-order valence-corrected chi connectivity index (χ0v) is 15.6. The molecule has 0 atom stereocenters. The molecular formula is C19H19FN4OS. The van der Waals surface area contributed by atoms with E-state index in [0.717, 1.165) is 22.5 Å². The van der Waals surface area contributed by atoms with E-state index in [1.165, 1.54) is 23.9 Å². The first-order chi connectivity index (χ1) is 12.4. The van der Waals surface area contributed by atoms with Crippen molar-refractivity contribution >= 4 is 23.4 Å². The van der Waals surface area contributed by atoms with E-state index < -0.39 is 0 Å². The number of amides is 1. The van der Waals surface area contributed by atoms with E-state index in [1.54, 1.807) is 16.7 Å². The fourth-order valence-corrected chi connectivity index (χ4v) is 3.50. The van der Waals surface area contributed by atoms with Crippen molar-refractivity contribution in [3.05, 3.63) is 65.2 Å². The monoisotopic (exact) mass is 370 g/mol. The minimum atomic E-state index is -0.304. The lowest BCUT2D eigenvalue weighted by molar-refractivity contribution is -0.113. The molecule has 1 heterocycles. The molecule has 0 spiro atoms. The summed E-state index contributed by atoms with van der Waals surface area (Å²) in [5.41, 5.74) is 3.73. The molecule has 5 nitrogen and oxygen atoms in total. The number of aryl methyl sites for hydroxylation is 3. The first kappa shape index (κ1) is 18.1. The van der Waals surface area contributed by atoms with Crippen LogP contribution in [0.25, 0.3) is 5.69 Å². The van der Waals surface area contributed by atoms with Crippen molar-refractivity contribution in [2.24, 2.45) is 0 Å². The van der Waals surface area contributed by atoms with E-state index in [-0.39, 0.29) is 17.5 Å². The van der Waals surface area contributed by atoms with E-state index in [9.17, 15) is 9.18 Å².